The summed E-state index contributed by atoms with van der Waals surface area (Å²) in [4.78, 5) is 27.1. The van der Waals surface area contributed by atoms with E-state index in [-0.39, 0.29) is 27.5 Å². The molecule has 1 saturated heterocycles. The fraction of sp³-hybridized carbons (Fsp3) is 0.565. The predicted molar refractivity (Wildman–Crippen MR) is 232 cm³/mol. The van der Waals surface area contributed by atoms with E-state index in [1.807, 2.05) is 41.4 Å². The van der Waals surface area contributed by atoms with Crippen LogP contribution in [0, 0.1) is 30.1 Å². The highest BCUT2D eigenvalue weighted by atomic mass is 32.1. The van der Waals surface area contributed by atoms with Crippen LogP contribution in [0.3, 0.4) is 0 Å². The van der Waals surface area contributed by atoms with Crippen molar-refractivity contribution in [3.63, 3.8) is 0 Å². The number of likely N-dealkylation sites (tertiary alicyclic amines) is 1. The second-order valence-corrected chi connectivity index (χ2v) is 20.5. The number of fused-ring (bicyclic) bond motifs is 2. The molecule has 6 aliphatic rings. The summed E-state index contributed by atoms with van der Waals surface area (Å²) < 4.78 is 10.4. The third-order valence-corrected chi connectivity index (χ3v) is 15.3. The highest BCUT2D eigenvalue weighted by Crippen LogP contribution is 2.72. The number of para-hydroxylation sites is 1. The highest BCUT2D eigenvalue weighted by Gasteiger charge is 2.66. The van der Waals surface area contributed by atoms with Gasteiger partial charge in [-0.25, -0.2) is 14.8 Å². The van der Waals surface area contributed by atoms with Gasteiger partial charge in [-0.05, 0) is 132 Å². The average Bonchev–Trinajstić information content (AvgIpc) is 3.65. The van der Waals surface area contributed by atoms with Crippen molar-refractivity contribution < 1.29 is 14.6 Å². The number of benzene rings is 1. The molecule has 0 spiro atoms. The average molecular weight is 816 g/mol. The highest BCUT2D eigenvalue weighted by molar-refractivity contribution is 7.22. The number of aromatic nitrogens is 6. The molecule has 2 unspecified atom stereocenters. The second kappa shape index (κ2) is 14.6. The van der Waals surface area contributed by atoms with Gasteiger partial charge in [-0.3, -0.25) is 4.68 Å². The van der Waals surface area contributed by atoms with Crippen molar-refractivity contribution in [2.75, 3.05) is 43.0 Å². The fourth-order valence-electron chi connectivity index (χ4n) is 13.0. The molecule has 59 heavy (non-hydrogen) atoms. The molecule has 2 N–H and O–H groups in total. The zero-order valence-corrected chi connectivity index (χ0v) is 35.8. The van der Waals surface area contributed by atoms with Gasteiger partial charge in [0.2, 0.25) is 0 Å². The predicted octanol–water partition coefficient (Wildman–Crippen LogP) is 9.50. The SMILES string of the molecule is Cc1c(Nc2nc3ccccc3s2)nnc2c1CCCN2c1ccc(-c2cnn(CC34CC5(C)CC(C)(C3)CC(OCCN3CCCCCC3)(C5)C4)c2C)c(C(=O)O)n1. The Hall–Kier alpha value is -4.46. The molecule has 6 heterocycles. The van der Waals surface area contributed by atoms with Gasteiger partial charge >= 0.3 is 5.97 Å². The van der Waals surface area contributed by atoms with Crippen LogP contribution in [-0.4, -0.2) is 84.3 Å². The maximum absolute atomic E-state index is 13.0. The largest absolute Gasteiger partial charge is 0.476 e. The minimum absolute atomic E-state index is 0.0164. The van der Waals surface area contributed by atoms with Crippen molar-refractivity contribution in [1.82, 2.24) is 34.8 Å². The van der Waals surface area contributed by atoms with E-state index in [0.29, 0.717) is 29.6 Å². The normalized spacial score (nSPS) is 27.9. The third-order valence-electron chi connectivity index (χ3n) is 14.3. The van der Waals surface area contributed by atoms with E-state index in [1.54, 1.807) is 11.3 Å². The summed E-state index contributed by atoms with van der Waals surface area (Å²) in [7, 11) is 0. The molecule has 0 amide bonds. The molecular weight excluding hydrogens is 759 g/mol. The van der Waals surface area contributed by atoms with Gasteiger partial charge in [-0.2, -0.15) is 5.10 Å². The molecule has 4 saturated carbocycles. The molecule has 2 aliphatic heterocycles. The summed E-state index contributed by atoms with van der Waals surface area (Å²) >= 11 is 1.58. The molecule has 5 fully saturated rings. The monoisotopic (exact) mass is 815 g/mol. The summed E-state index contributed by atoms with van der Waals surface area (Å²) in [6.45, 7) is 14.9. The number of hydrogen-bond donors (Lipinski definition) is 2. The standard InChI is InChI=1S/C46H57N9O3S/c1-30-32-12-11-19-54(40(32)52-51-39(30)50-42-48-35-13-7-8-14-36(35)59-42)37-16-15-33(38(49-37)41(56)57)34-22-47-55(31(34)2)29-45-24-43(3)23-44(4,25-45)27-46(26-43,28-45)58-21-20-53-17-9-5-6-10-18-53/h7-8,13-16,22H,5-6,9-12,17-21,23-29H2,1-4H3,(H,56,57)(H,48,50,51). The molecule has 1 aromatic carbocycles. The topological polar surface area (TPSA) is 134 Å². The number of nitrogens with one attached hydrogen (secondary N) is 1. The summed E-state index contributed by atoms with van der Waals surface area (Å²) in [5, 5.41) is 29.0. The molecule has 4 aromatic heterocycles. The number of nitrogens with zero attached hydrogens (tertiary/aromatic N) is 8. The minimum atomic E-state index is -1.06. The Kier molecular flexibility index (Phi) is 9.60. The van der Waals surface area contributed by atoms with E-state index in [1.165, 1.54) is 58.0 Å². The molecule has 310 valence electrons. The van der Waals surface area contributed by atoms with Crippen molar-refractivity contribution >= 4 is 50.1 Å². The van der Waals surface area contributed by atoms with Gasteiger partial charge in [0.15, 0.2) is 22.5 Å². The minimum Gasteiger partial charge on any atom is -0.476 e. The molecule has 4 aliphatic carbocycles. The van der Waals surface area contributed by atoms with Crippen molar-refractivity contribution in [2.45, 2.75) is 117 Å². The van der Waals surface area contributed by atoms with Crippen LogP contribution in [0.15, 0.2) is 42.6 Å². The quantitative estimate of drug-likeness (QED) is 0.132. The molecule has 13 heteroatoms. The molecule has 11 rings (SSSR count). The van der Waals surface area contributed by atoms with Gasteiger partial charge in [0.05, 0.1) is 28.6 Å². The van der Waals surface area contributed by atoms with Crippen LogP contribution >= 0.6 is 11.3 Å². The van der Waals surface area contributed by atoms with E-state index < -0.39 is 5.97 Å². The van der Waals surface area contributed by atoms with Crippen LogP contribution < -0.4 is 10.2 Å². The Morgan fingerprint density at radius 2 is 1.66 bits per heavy atom. The lowest BCUT2D eigenvalue weighted by atomic mass is 9.39. The summed E-state index contributed by atoms with van der Waals surface area (Å²) in [5.41, 5.74) is 5.89. The van der Waals surface area contributed by atoms with Crippen LogP contribution in [0.25, 0.3) is 21.3 Å². The molecule has 0 radical (unpaired) electrons. The van der Waals surface area contributed by atoms with Crippen molar-refractivity contribution in [1.29, 1.82) is 0 Å². The zero-order chi connectivity index (χ0) is 40.6. The van der Waals surface area contributed by atoms with Gasteiger partial charge in [0, 0.05) is 47.6 Å². The summed E-state index contributed by atoms with van der Waals surface area (Å²) in [6.07, 6.45) is 15.9. The lowest BCUT2D eigenvalue weighted by Gasteiger charge is -2.69. The number of pyridine rings is 1. The Balaban J connectivity index is 0.893. The van der Waals surface area contributed by atoms with E-state index in [0.717, 1.165) is 89.5 Å². The third kappa shape index (κ3) is 7.20. The van der Waals surface area contributed by atoms with Crippen LogP contribution in [0.5, 0.6) is 0 Å². The first kappa shape index (κ1) is 38.7. The first-order valence-corrected chi connectivity index (χ1v) is 22.6. The Bertz CT molecular complexity index is 2370. The van der Waals surface area contributed by atoms with Gasteiger partial charge in [0.25, 0.3) is 0 Å². The van der Waals surface area contributed by atoms with Crippen LogP contribution in [0.1, 0.15) is 112 Å². The maximum Gasteiger partial charge on any atom is 0.355 e. The molecule has 4 bridgehead atoms. The van der Waals surface area contributed by atoms with Crippen molar-refractivity contribution in [3.05, 3.63) is 65.1 Å². The number of carbonyl (C=O) groups is 1. The van der Waals surface area contributed by atoms with E-state index >= 15 is 0 Å². The van der Waals surface area contributed by atoms with Gasteiger partial charge in [-0.15, -0.1) is 10.2 Å². The van der Waals surface area contributed by atoms with Crippen molar-refractivity contribution in [2.24, 2.45) is 16.2 Å². The van der Waals surface area contributed by atoms with Crippen LogP contribution in [0.2, 0.25) is 0 Å². The van der Waals surface area contributed by atoms with E-state index in [9.17, 15) is 9.90 Å². The Labute approximate surface area is 350 Å². The zero-order valence-electron chi connectivity index (χ0n) is 35.0. The lowest BCUT2D eigenvalue weighted by molar-refractivity contribution is -0.248. The number of ether oxygens (including phenoxy) is 1. The number of carboxylic acid groups (broad SMARTS) is 1. The number of carboxylic acids is 1. The number of hydrogen-bond acceptors (Lipinski definition) is 11. The second-order valence-electron chi connectivity index (χ2n) is 19.5. The van der Waals surface area contributed by atoms with E-state index in [2.05, 4.69) is 58.9 Å². The maximum atomic E-state index is 13.0. The first-order valence-electron chi connectivity index (χ1n) is 21.8. The van der Waals surface area contributed by atoms with Gasteiger partial charge in [-0.1, -0.05) is 50.2 Å². The van der Waals surface area contributed by atoms with Crippen molar-refractivity contribution in [3.8, 4) is 11.1 Å². The van der Waals surface area contributed by atoms with Gasteiger partial charge < -0.3 is 25.0 Å². The smallest absolute Gasteiger partial charge is 0.355 e. The number of thiazole rings is 1. The molecule has 2 atom stereocenters. The molecular formula is C46H57N9O3S. The van der Waals surface area contributed by atoms with Gasteiger partial charge in [0.1, 0.15) is 5.82 Å². The van der Waals surface area contributed by atoms with E-state index in [4.69, 9.17) is 19.8 Å². The Morgan fingerprint density at radius 1 is 0.881 bits per heavy atom. The molecule has 12 nitrogen and oxygen atoms in total. The van der Waals surface area contributed by atoms with Crippen LogP contribution in [0.4, 0.5) is 22.6 Å². The number of anilines is 4. The Morgan fingerprint density at radius 3 is 2.42 bits per heavy atom. The summed E-state index contributed by atoms with van der Waals surface area (Å²) in [5.74, 6) is 0.874. The lowest BCUT2D eigenvalue weighted by Crippen LogP contribution is -2.64. The van der Waals surface area contributed by atoms with Crippen LogP contribution in [-0.2, 0) is 17.7 Å². The first-order chi connectivity index (χ1) is 28.4. The molecule has 5 aromatic rings. The number of aromatic carboxylic acids is 1. The number of rotatable bonds is 11. The fourth-order valence-corrected chi connectivity index (χ4v) is 13.9. The summed E-state index contributed by atoms with van der Waals surface area (Å²) in [6, 6.07) is 11.9.